The Labute approximate surface area is 80.6 Å². The van der Waals surface area contributed by atoms with Gasteiger partial charge in [0, 0.05) is 0 Å². The molecular weight excluding hydrogens is 187 g/mol. The van der Waals surface area contributed by atoms with Crippen molar-refractivity contribution in [2.45, 2.75) is 19.4 Å². The minimum atomic E-state index is -1.58. The number of halogens is 1. The van der Waals surface area contributed by atoms with Gasteiger partial charge in [0.2, 0.25) is 0 Å². The number of nitrogens with zero attached hydrogens (tertiary/aromatic N) is 1. The summed E-state index contributed by atoms with van der Waals surface area (Å²) in [6, 6.07) is 2.43. The van der Waals surface area contributed by atoms with Crippen molar-refractivity contribution in [3.8, 4) is 0 Å². The summed E-state index contributed by atoms with van der Waals surface area (Å²) >= 11 is 0. The first-order valence-electron chi connectivity index (χ1n) is 4.01. The maximum atomic E-state index is 12.8. The van der Waals surface area contributed by atoms with Gasteiger partial charge >= 0.3 is 5.97 Å². The largest absolute Gasteiger partial charge is 0.480 e. The van der Waals surface area contributed by atoms with Crippen LogP contribution in [0.5, 0.6) is 0 Å². The summed E-state index contributed by atoms with van der Waals surface area (Å²) in [5, 5.41) is 8.80. The van der Waals surface area contributed by atoms with E-state index in [1.807, 2.05) is 0 Å². The zero-order valence-electron chi connectivity index (χ0n) is 7.91. The van der Waals surface area contributed by atoms with Gasteiger partial charge in [-0.15, -0.1) is 0 Å². The van der Waals surface area contributed by atoms with Gasteiger partial charge in [-0.1, -0.05) is 0 Å². The minimum absolute atomic E-state index is 0.139. The van der Waals surface area contributed by atoms with E-state index in [1.54, 1.807) is 0 Å². The molecule has 4 nitrogen and oxygen atoms in total. The molecule has 0 aromatic carbocycles. The maximum Gasteiger partial charge on any atom is 0.329 e. The average molecular weight is 198 g/mol. The fourth-order valence-corrected chi connectivity index (χ4v) is 0.943. The van der Waals surface area contributed by atoms with Crippen molar-refractivity contribution in [1.82, 2.24) is 4.98 Å². The third-order valence-electron chi connectivity index (χ3n) is 2.00. The van der Waals surface area contributed by atoms with Crippen molar-refractivity contribution in [3.05, 3.63) is 29.3 Å². The molecule has 3 N–H and O–H groups in total. The molecule has 0 fully saturated rings. The summed E-state index contributed by atoms with van der Waals surface area (Å²) < 4.78 is 12.8. The van der Waals surface area contributed by atoms with Gasteiger partial charge in [-0.25, -0.2) is 9.18 Å². The lowest BCUT2D eigenvalue weighted by molar-refractivity contribution is -0.143. The molecule has 14 heavy (non-hydrogen) atoms. The van der Waals surface area contributed by atoms with Gasteiger partial charge in [-0.05, 0) is 26.0 Å². The van der Waals surface area contributed by atoms with E-state index in [4.69, 9.17) is 10.8 Å². The van der Waals surface area contributed by atoms with Gasteiger partial charge in [0.25, 0.3) is 0 Å². The molecule has 0 aliphatic heterocycles. The predicted octanol–water partition coefficient (Wildman–Crippen LogP) is 0.788. The molecule has 1 rings (SSSR count). The van der Waals surface area contributed by atoms with Crippen LogP contribution in [-0.2, 0) is 10.3 Å². The van der Waals surface area contributed by atoms with Crippen molar-refractivity contribution in [1.29, 1.82) is 0 Å². The van der Waals surface area contributed by atoms with Crippen LogP contribution in [0.1, 0.15) is 18.3 Å². The van der Waals surface area contributed by atoms with Crippen LogP contribution in [0.2, 0.25) is 0 Å². The van der Waals surface area contributed by atoms with E-state index < -0.39 is 17.3 Å². The molecule has 5 heteroatoms. The van der Waals surface area contributed by atoms with Crippen LogP contribution in [0.4, 0.5) is 4.39 Å². The molecular formula is C9H11FN2O2. The number of carboxylic acids is 1. The van der Waals surface area contributed by atoms with Gasteiger partial charge in [-0.3, -0.25) is 4.98 Å². The van der Waals surface area contributed by atoms with Crippen molar-refractivity contribution in [2.75, 3.05) is 0 Å². The second kappa shape index (κ2) is 3.34. The SMILES string of the molecule is Cc1nc([C@](C)(N)C(=O)O)ccc1F. The summed E-state index contributed by atoms with van der Waals surface area (Å²) in [4.78, 5) is 14.5. The highest BCUT2D eigenvalue weighted by molar-refractivity contribution is 5.79. The molecule has 76 valence electrons. The zero-order valence-corrected chi connectivity index (χ0v) is 7.91. The third-order valence-corrected chi connectivity index (χ3v) is 2.00. The van der Waals surface area contributed by atoms with Crippen LogP contribution in [0.15, 0.2) is 12.1 Å². The highest BCUT2D eigenvalue weighted by Gasteiger charge is 2.32. The molecule has 0 aliphatic carbocycles. The first-order valence-corrected chi connectivity index (χ1v) is 4.01. The molecule has 0 saturated heterocycles. The second-order valence-corrected chi connectivity index (χ2v) is 3.27. The highest BCUT2D eigenvalue weighted by Crippen LogP contribution is 2.17. The summed E-state index contributed by atoms with van der Waals surface area (Å²) in [5.41, 5.74) is 4.21. The van der Waals surface area contributed by atoms with Gasteiger partial charge in [0.1, 0.15) is 5.82 Å². The van der Waals surface area contributed by atoms with E-state index in [9.17, 15) is 9.18 Å². The van der Waals surface area contributed by atoms with Gasteiger partial charge in [0.15, 0.2) is 5.54 Å². The Morgan fingerprint density at radius 2 is 2.21 bits per heavy atom. The number of pyridine rings is 1. The van der Waals surface area contributed by atoms with Crippen molar-refractivity contribution < 1.29 is 14.3 Å². The Hall–Kier alpha value is -1.49. The molecule has 1 aromatic rings. The standard InChI is InChI=1S/C9H11FN2O2/c1-5-6(10)3-4-7(12-5)9(2,11)8(13)14/h3-4H,11H2,1-2H3,(H,13,14)/t9-/m0/s1. The topological polar surface area (TPSA) is 76.2 Å². The van der Waals surface area contributed by atoms with Crippen LogP contribution >= 0.6 is 0 Å². The normalized spacial score (nSPS) is 14.9. The number of rotatable bonds is 2. The van der Waals surface area contributed by atoms with Crippen molar-refractivity contribution in [3.63, 3.8) is 0 Å². The molecule has 0 aliphatic rings. The van der Waals surface area contributed by atoms with Crippen LogP contribution in [0.25, 0.3) is 0 Å². The Kier molecular flexibility index (Phi) is 2.53. The molecule has 0 spiro atoms. The number of carbonyl (C=O) groups is 1. The van der Waals surface area contributed by atoms with E-state index in [0.29, 0.717) is 0 Å². The maximum absolute atomic E-state index is 12.8. The summed E-state index contributed by atoms with van der Waals surface area (Å²) in [7, 11) is 0. The first kappa shape index (κ1) is 10.6. The average Bonchev–Trinajstić information content (AvgIpc) is 2.09. The van der Waals surface area contributed by atoms with Crippen molar-refractivity contribution in [2.24, 2.45) is 5.73 Å². The predicted molar refractivity (Wildman–Crippen MR) is 48.1 cm³/mol. The number of nitrogens with two attached hydrogens (primary N) is 1. The monoisotopic (exact) mass is 198 g/mol. The molecule has 0 radical (unpaired) electrons. The van der Waals surface area contributed by atoms with E-state index in [0.717, 1.165) is 6.07 Å². The molecule has 0 amide bonds. The minimum Gasteiger partial charge on any atom is -0.480 e. The molecule has 1 atom stereocenters. The fourth-order valence-electron chi connectivity index (χ4n) is 0.943. The number of carboxylic acid groups (broad SMARTS) is 1. The van der Waals surface area contributed by atoms with Gasteiger partial charge in [-0.2, -0.15) is 0 Å². The fraction of sp³-hybridized carbons (Fsp3) is 0.333. The summed E-state index contributed by atoms with van der Waals surface area (Å²) in [6.07, 6.45) is 0. The van der Waals surface area contributed by atoms with Crippen LogP contribution in [0, 0.1) is 12.7 Å². The summed E-state index contributed by atoms with van der Waals surface area (Å²) in [5.74, 6) is -1.68. The van der Waals surface area contributed by atoms with E-state index in [-0.39, 0.29) is 11.4 Å². The quantitative estimate of drug-likeness (QED) is 0.736. The van der Waals surface area contributed by atoms with Crippen molar-refractivity contribution >= 4 is 5.97 Å². The first-order chi connectivity index (χ1) is 6.35. The number of aryl methyl sites for hydroxylation is 1. The molecule has 0 unspecified atom stereocenters. The lowest BCUT2D eigenvalue weighted by atomic mass is 9.99. The Morgan fingerprint density at radius 3 is 2.64 bits per heavy atom. The number of hydrogen-bond acceptors (Lipinski definition) is 3. The zero-order chi connectivity index (χ0) is 10.9. The Morgan fingerprint density at radius 1 is 1.64 bits per heavy atom. The molecule has 1 aromatic heterocycles. The lowest BCUT2D eigenvalue weighted by Crippen LogP contribution is -2.42. The highest BCUT2D eigenvalue weighted by atomic mass is 19.1. The van der Waals surface area contributed by atoms with E-state index >= 15 is 0 Å². The van der Waals surface area contributed by atoms with Crippen LogP contribution in [0.3, 0.4) is 0 Å². The van der Waals surface area contributed by atoms with Crippen LogP contribution < -0.4 is 5.73 Å². The number of aromatic nitrogens is 1. The van der Waals surface area contributed by atoms with Gasteiger partial charge < -0.3 is 10.8 Å². The number of aliphatic carboxylic acids is 1. The number of hydrogen-bond donors (Lipinski definition) is 2. The van der Waals surface area contributed by atoms with E-state index in [1.165, 1.54) is 19.9 Å². The molecule has 0 bridgehead atoms. The second-order valence-electron chi connectivity index (χ2n) is 3.27. The Balaban J connectivity index is 3.21. The third kappa shape index (κ3) is 1.72. The molecule has 0 saturated carbocycles. The smallest absolute Gasteiger partial charge is 0.329 e. The lowest BCUT2D eigenvalue weighted by Gasteiger charge is -2.18. The van der Waals surface area contributed by atoms with Crippen LogP contribution in [-0.4, -0.2) is 16.1 Å². The molecule has 1 heterocycles. The summed E-state index contributed by atoms with van der Waals surface area (Å²) in [6.45, 7) is 2.77. The van der Waals surface area contributed by atoms with Gasteiger partial charge in [0.05, 0.1) is 11.4 Å². The Bertz CT molecular complexity index is 377. The van der Waals surface area contributed by atoms with E-state index in [2.05, 4.69) is 4.98 Å².